The van der Waals surface area contributed by atoms with Gasteiger partial charge in [0, 0.05) is 50.0 Å². The Bertz CT molecular complexity index is 925. The molecule has 1 aliphatic heterocycles. The maximum Gasteiger partial charge on any atom is 0.319 e. The molecule has 0 saturated carbocycles. The number of carbonyl (C=O) groups is 1. The Balaban J connectivity index is 1.44. The summed E-state index contributed by atoms with van der Waals surface area (Å²) in [6.45, 7) is 3.63. The Morgan fingerprint density at radius 3 is 2.14 bits per heavy atom. The fourth-order valence-corrected chi connectivity index (χ4v) is 4.08. The molecule has 2 amide bonds. The number of urea groups is 1. The molecule has 1 saturated heterocycles. The lowest BCUT2D eigenvalue weighted by Crippen LogP contribution is -2.47. The first-order chi connectivity index (χ1) is 13.8. The molecular formula is C20H25ClN4O3S. The molecule has 2 N–H and O–H groups in total. The third kappa shape index (κ3) is 6.71. The molecule has 2 aromatic rings. The van der Waals surface area contributed by atoms with Crippen molar-refractivity contribution in [2.75, 3.05) is 37.8 Å². The van der Waals surface area contributed by atoms with Gasteiger partial charge in [-0.3, -0.25) is 4.90 Å². The van der Waals surface area contributed by atoms with Gasteiger partial charge in [-0.1, -0.05) is 35.9 Å². The van der Waals surface area contributed by atoms with Crippen LogP contribution in [0.2, 0.25) is 5.02 Å². The normalized spacial score (nSPS) is 15.8. The van der Waals surface area contributed by atoms with Crippen LogP contribution in [0.4, 0.5) is 10.5 Å². The molecule has 3 rings (SSSR count). The molecule has 0 aromatic heterocycles. The number of benzene rings is 2. The largest absolute Gasteiger partial charge is 0.334 e. The summed E-state index contributed by atoms with van der Waals surface area (Å²) in [5.41, 5.74) is 2.80. The van der Waals surface area contributed by atoms with Gasteiger partial charge in [-0.15, -0.1) is 0 Å². The zero-order valence-electron chi connectivity index (χ0n) is 16.3. The van der Waals surface area contributed by atoms with E-state index < -0.39 is 10.0 Å². The highest BCUT2D eigenvalue weighted by molar-refractivity contribution is 7.88. The SMILES string of the molecule is CS(=O)(=O)N1CCN(Cc2ccc(NC(=O)NCc3ccc(Cl)cc3)cc2)CC1. The number of amides is 2. The highest BCUT2D eigenvalue weighted by Gasteiger charge is 2.23. The fourth-order valence-electron chi connectivity index (χ4n) is 3.13. The van der Waals surface area contributed by atoms with Crippen LogP contribution in [0.15, 0.2) is 48.5 Å². The van der Waals surface area contributed by atoms with Gasteiger partial charge in [-0.2, -0.15) is 4.31 Å². The van der Waals surface area contributed by atoms with Gasteiger partial charge in [0.1, 0.15) is 0 Å². The predicted molar refractivity (Wildman–Crippen MR) is 115 cm³/mol. The van der Waals surface area contributed by atoms with Gasteiger partial charge in [0.15, 0.2) is 0 Å². The van der Waals surface area contributed by atoms with Crippen LogP contribution in [0.25, 0.3) is 0 Å². The second-order valence-electron chi connectivity index (χ2n) is 7.07. The standard InChI is InChI=1S/C20H25ClN4O3S/c1-29(27,28)25-12-10-24(11-13-25)15-17-4-8-19(9-5-17)23-20(26)22-14-16-2-6-18(21)7-3-16/h2-9H,10-15H2,1H3,(H2,22,23,26). The van der Waals surface area contributed by atoms with E-state index in [1.807, 2.05) is 36.4 Å². The Labute approximate surface area is 176 Å². The molecule has 1 aliphatic rings. The first-order valence-corrected chi connectivity index (χ1v) is 11.6. The lowest BCUT2D eigenvalue weighted by Gasteiger charge is -2.33. The van der Waals surface area contributed by atoms with Gasteiger partial charge in [0.05, 0.1) is 6.26 Å². The van der Waals surface area contributed by atoms with Crippen LogP contribution in [-0.2, 0) is 23.1 Å². The van der Waals surface area contributed by atoms with E-state index >= 15 is 0 Å². The quantitative estimate of drug-likeness (QED) is 0.729. The van der Waals surface area contributed by atoms with Crippen molar-refractivity contribution in [2.45, 2.75) is 13.1 Å². The van der Waals surface area contributed by atoms with Crippen LogP contribution in [0, 0.1) is 0 Å². The first-order valence-electron chi connectivity index (χ1n) is 9.35. The molecule has 156 valence electrons. The van der Waals surface area contributed by atoms with Crippen molar-refractivity contribution in [1.82, 2.24) is 14.5 Å². The van der Waals surface area contributed by atoms with Crippen molar-refractivity contribution in [3.05, 3.63) is 64.7 Å². The molecular weight excluding hydrogens is 412 g/mol. The molecule has 0 bridgehead atoms. The highest BCUT2D eigenvalue weighted by atomic mass is 35.5. The molecule has 1 heterocycles. The zero-order chi connectivity index (χ0) is 20.9. The van der Waals surface area contributed by atoms with E-state index in [0.717, 1.165) is 17.7 Å². The van der Waals surface area contributed by atoms with E-state index in [1.54, 1.807) is 12.1 Å². The van der Waals surface area contributed by atoms with Gasteiger partial charge in [-0.05, 0) is 35.4 Å². The molecule has 7 nitrogen and oxygen atoms in total. The van der Waals surface area contributed by atoms with Gasteiger partial charge in [0.25, 0.3) is 0 Å². The Morgan fingerprint density at radius 1 is 0.966 bits per heavy atom. The number of hydrogen-bond acceptors (Lipinski definition) is 4. The third-order valence-corrected chi connectivity index (χ3v) is 6.34. The van der Waals surface area contributed by atoms with Gasteiger partial charge >= 0.3 is 6.03 Å². The van der Waals surface area contributed by atoms with Crippen molar-refractivity contribution >= 4 is 33.3 Å². The zero-order valence-corrected chi connectivity index (χ0v) is 17.8. The van der Waals surface area contributed by atoms with Crippen LogP contribution in [-0.4, -0.2) is 56.1 Å². The summed E-state index contributed by atoms with van der Waals surface area (Å²) in [5.74, 6) is 0. The number of anilines is 1. The number of piperazine rings is 1. The number of rotatable bonds is 6. The van der Waals surface area contributed by atoms with Crippen molar-refractivity contribution < 1.29 is 13.2 Å². The summed E-state index contributed by atoms with van der Waals surface area (Å²) in [4.78, 5) is 14.3. The van der Waals surface area contributed by atoms with E-state index in [9.17, 15) is 13.2 Å². The average molecular weight is 437 g/mol. The minimum absolute atomic E-state index is 0.274. The van der Waals surface area contributed by atoms with Crippen LogP contribution < -0.4 is 10.6 Å². The number of sulfonamides is 1. The second kappa shape index (κ2) is 9.58. The van der Waals surface area contributed by atoms with Crippen LogP contribution in [0.5, 0.6) is 0 Å². The predicted octanol–water partition coefficient (Wildman–Crippen LogP) is 2.74. The Morgan fingerprint density at radius 2 is 1.55 bits per heavy atom. The monoisotopic (exact) mass is 436 g/mol. The molecule has 0 aliphatic carbocycles. The molecule has 0 atom stereocenters. The average Bonchev–Trinajstić information content (AvgIpc) is 2.69. The topological polar surface area (TPSA) is 81.8 Å². The molecule has 9 heteroatoms. The number of nitrogens with zero attached hydrogens (tertiary/aromatic N) is 2. The second-order valence-corrected chi connectivity index (χ2v) is 9.49. The summed E-state index contributed by atoms with van der Waals surface area (Å²) >= 11 is 5.85. The van der Waals surface area contributed by atoms with Crippen molar-refractivity contribution in [3.8, 4) is 0 Å². The maximum atomic E-state index is 12.1. The van der Waals surface area contributed by atoms with E-state index in [2.05, 4.69) is 15.5 Å². The molecule has 2 aromatic carbocycles. The highest BCUT2D eigenvalue weighted by Crippen LogP contribution is 2.14. The Kier molecular flexibility index (Phi) is 7.13. The molecule has 0 unspecified atom stereocenters. The minimum atomic E-state index is -3.11. The van der Waals surface area contributed by atoms with Crippen LogP contribution in [0.3, 0.4) is 0 Å². The van der Waals surface area contributed by atoms with E-state index in [-0.39, 0.29) is 6.03 Å². The summed E-state index contributed by atoms with van der Waals surface area (Å²) in [7, 11) is -3.11. The summed E-state index contributed by atoms with van der Waals surface area (Å²) in [5, 5.41) is 6.28. The van der Waals surface area contributed by atoms with E-state index in [4.69, 9.17) is 11.6 Å². The molecule has 1 fully saturated rings. The maximum absolute atomic E-state index is 12.1. The number of halogens is 1. The molecule has 0 spiro atoms. The first kappa shape index (κ1) is 21.6. The van der Waals surface area contributed by atoms with Crippen molar-refractivity contribution in [1.29, 1.82) is 0 Å². The van der Waals surface area contributed by atoms with E-state index in [1.165, 1.54) is 10.6 Å². The van der Waals surface area contributed by atoms with Gasteiger partial charge in [0.2, 0.25) is 10.0 Å². The van der Waals surface area contributed by atoms with Gasteiger partial charge < -0.3 is 10.6 Å². The number of carbonyl (C=O) groups excluding carboxylic acids is 1. The lowest BCUT2D eigenvalue weighted by molar-refractivity contribution is 0.182. The Hall–Kier alpha value is -2.13. The lowest BCUT2D eigenvalue weighted by atomic mass is 10.2. The van der Waals surface area contributed by atoms with Crippen molar-refractivity contribution in [2.24, 2.45) is 0 Å². The van der Waals surface area contributed by atoms with Crippen LogP contribution >= 0.6 is 11.6 Å². The molecule has 0 radical (unpaired) electrons. The summed E-state index contributed by atoms with van der Waals surface area (Å²) in [6.07, 6.45) is 1.25. The van der Waals surface area contributed by atoms with Crippen molar-refractivity contribution in [3.63, 3.8) is 0 Å². The van der Waals surface area contributed by atoms with E-state index in [0.29, 0.717) is 43.4 Å². The van der Waals surface area contributed by atoms with Gasteiger partial charge in [-0.25, -0.2) is 13.2 Å². The fraction of sp³-hybridized carbons (Fsp3) is 0.350. The summed E-state index contributed by atoms with van der Waals surface area (Å²) < 4.78 is 24.7. The number of nitrogens with one attached hydrogen (secondary N) is 2. The minimum Gasteiger partial charge on any atom is -0.334 e. The third-order valence-electron chi connectivity index (χ3n) is 4.78. The van der Waals surface area contributed by atoms with Crippen LogP contribution in [0.1, 0.15) is 11.1 Å². The molecule has 29 heavy (non-hydrogen) atoms. The smallest absolute Gasteiger partial charge is 0.319 e. The number of hydrogen-bond donors (Lipinski definition) is 2. The summed E-state index contributed by atoms with van der Waals surface area (Å²) in [6, 6.07) is 14.7.